The molecule has 0 aliphatic heterocycles. The highest BCUT2D eigenvalue weighted by Crippen LogP contribution is 2.66. The van der Waals surface area contributed by atoms with Crippen molar-refractivity contribution in [3.05, 3.63) is 34.9 Å². The number of amides is 1. The van der Waals surface area contributed by atoms with E-state index in [1.54, 1.807) is 0 Å². The molecule has 3 atom stereocenters. The summed E-state index contributed by atoms with van der Waals surface area (Å²) in [5, 5.41) is 3.28. The average Bonchev–Trinajstić information content (AvgIpc) is 3.13. The fourth-order valence-corrected chi connectivity index (χ4v) is 7.88. The molecule has 5 fully saturated rings. The lowest BCUT2D eigenvalue weighted by molar-refractivity contribution is -0.128. The summed E-state index contributed by atoms with van der Waals surface area (Å²) in [4.78, 5) is 12.8. The molecule has 28 heavy (non-hydrogen) atoms. The number of carbonyl (C=O) groups is 1. The first-order valence-corrected chi connectivity index (χ1v) is 11.6. The van der Waals surface area contributed by atoms with E-state index in [9.17, 15) is 4.79 Å². The Morgan fingerprint density at radius 2 is 1.71 bits per heavy atom. The lowest BCUT2D eigenvalue weighted by Gasteiger charge is -2.62. The zero-order chi connectivity index (χ0) is 19.9. The van der Waals surface area contributed by atoms with Crippen LogP contribution >= 0.6 is 23.2 Å². The number of rotatable bonds is 4. The minimum absolute atomic E-state index is 0.0356. The Hall–Kier alpha value is -0.730. The number of alkyl halides is 2. The lowest BCUT2D eigenvalue weighted by Crippen LogP contribution is -2.57. The molecule has 1 N–H and O–H groups in total. The van der Waals surface area contributed by atoms with Crippen molar-refractivity contribution in [2.45, 2.75) is 75.5 Å². The third-order valence-electron chi connectivity index (χ3n) is 8.68. The van der Waals surface area contributed by atoms with E-state index >= 15 is 0 Å². The van der Waals surface area contributed by atoms with Crippen LogP contribution in [-0.2, 0) is 10.2 Å². The third-order valence-corrected chi connectivity index (χ3v) is 9.79. The Balaban J connectivity index is 1.39. The SMILES string of the molecule is Cc1ccc(C23CC4CC(CC(CNC(=O)C5(C)CC5(Cl)Cl)(C4)C2)C3)cc1C. The van der Waals surface area contributed by atoms with Crippen molar-refractivity contribution in [3.63, 3.8) is 0 Å². The maximum Gasteiger partial charge on any atom is 0.229 e. The maximum absolute atomic E-state index is 12.8. The van der Waals surface area contributed by atoms with Crippen LogP contribution in [-0.4, -0.2) is 16.8 Å². The van der Waals surface area contributed by atoms with Gasteiger partial charge in [0.1, 0.15) is 4.33 Å². The van der Waals surface area contributed by atoms with E-state index in [2.05, 4.69) is 37.4 Å². The normalized spacial score (nSPS) is 42.5. The van der Waals surface area contributed by atoms with Crippen molar-refractivity contribution in [3.8, 4) is 0 Å². The van der Waals surface area contributed by atoms with Gasteiger partial charge in [-0.15, -0.1) is 23.2 Å². The molecule has 0 spiro atoms. The van der Waals surface area contributed by atoms with Crippen molar-refractivity contribution >= 4 is 29.1 Å². The van der Waals surface area contributed by atoms with Crippen LogP contribution in [0.1, 0.15) is 68.6 Å². The van der Waals surface area contributed by atoms with Crippen LogP contribution in [0.25, 0.3) is 0 Å². The van der Waals surface area contributed by atoms with E-state index < -0.39 is 9.75 Å². The van der Waals surface area contributed by atoms with Gasteiger partial charge in [0.05, 0.1) is 5.41 Å². The smallest absolute Gasteiger partial charge is 0.229 e. The predicted molar refractivity (Wildman–Crippen MR) is 115 cm³/mol. The molecule has 2 nitrogen and oxygen atoms in total. The zero-order valence-electron chi connectivity index (χ0n) is 17.2. The Labute approximate surface area is 178 Å². The highest BCUT2D eigenvalue weighted by atomic mass is 35.5. The summed E-state index contributed by atoms with van der Waals surface area (Å²) in [5.74, 6) is 1.64. The monoisotopic (exact) mass is 419 g/mol. The maximum atomic E-state index is 12.8. The number of nitrogens with one attached hydrogen (secondary N) is 1. The molecule has 5 saturated carbocycles. The second-order valence-corrected chi connectivity index (χ2v) is 12.4. The van der Waals surface area contributed by atoms with E-state index in [0.29, 0.717) is 11.8 Å². The van der Waals surface area contributed by atoms with Gasteiger partial charge < -0.3 is 5.32 Å². The van der Waals surface area contributed by atoms with E-state index in [4.69, 9.17) is 23.2 Å². The van der Waals surface area contributed by atoms with Crippen LogP contribution in [0.2, 0.25) is 0 Å². The van der Waals surface area contributed by atoms with Gasteiger partial charge in [-0.25, -0.2) is 0 Å². The minimum Gasteiger partial charge on any atom is -0.355 e. The van der Waals surface area contributed by atoms with Gasteiger partial charge >= 0.3 is 0 Å². The topological polar surface area (TPSA) is 29.1 Å². The molecule has 1 aromatic rings. The quantitative estimate of drug-likeness (QED) is 0.609. The average molecular weight is 420 g/mol. The Kier molecular flexibility index (Phi) is 4.06. The highest BCUT2D eigenvalue weighted by molar-refractivity contribution is 6.53. The van der Waals surface area contributed by atoms with Gasteiger partial charge in [-0.1, -0.05) is 18.2 Å². The Morgan fingerprint density at radius 1 is 1.07 bits per heavy atom. The Morgan fingerprint density at radius 3 is 2.29 bits per heavy atom. The van der Waals surface area contributed by atoms with E-state index in [1.807, 2.05) is 6.92 Å². The first-order chi connectivity index (χ1) is 13.1. The standard InChI is InChI=1S/C24H31Cl2NO/c1-15-4-5-19(6-16(15)2)23-10-17-7-18(11-23)9-22(8-17,13-23)14-27-20(28)21(3)12-24(21,25)26/h4-6,17-18H,7-14H2,1-3H3,(H,27,28). The molecule has 4 heteroatoms. The second kappa shape index (κ2) is 5.91. The number of hydrogen-bond acceptors (Lipinski definition) is 1. The molecule has 0 aromatic heterocycles. The van der Waals surface area contributed by atoms with Gasteiger partial charge in [0.25, 0.3) is 0 Å². The summed E-state index contributed by atoms with van der Waals surface area (Å²) in [6, 6.07) is 7.11. The number of benzene rings is 1. The molecule has 4 bridgehead atoms. The van der Waals surface area contributed by atoms with Gasteiger partial charge in [0.2, 0.25) is 5.91 Å². The minimum atomic E-state index is -0.890. The summed E-state index contributed by atoms with van der Waals surface area (Å²) in [6.45, 7) is 7.10. The molecule has 3 unspecified atom stereocenters. The molecule has 5 aliphatic rings. The number of aryl methyl sites for hydroxylation is 2. The lowest BCUT2D eigenvalue weighted by atomic mass is 9.43. The first-order valence-electron chi connectivity index (χ1n) is 10.8. The van der Waals surface area contributed by atoms with Crippen molar-refractivity contribution in [1.82, 2.24) is 5.32 Å². The molecular formula is C24H31Cl2NO. The fourth-order valence-electron chi connectivity index (χ4n) is 7.18. The second-order valence-electron chi connectivity index (χ2n) is 10.9. The van der Waals surface area contributed by atoms with Crippen molar-refractivity contribution in [2.75, 3.05) is 6.54 Å². The molecule has 1 amide bonds. The molecule has 0 saturated heterocycles. The van der Waals surface area contributed by atoms with Gasteiger partial charge in [0.15, 0.2) is 0 Å². The van der Waals surface area contributed by atoms with Crippen LogP contribution < -0.4 is 5.32 Å². The molecule has 152 valence electrons. The summed E-state index contributed by atoms with van der Waals surface area (Å²) < 4.78 is -0.890. The third kappa shape index (κ3) is 2.77. The van der Waals surface area contributed by atoms with E-state index in [0.717, 1.165) is 18.4 Å². The molecular weight excluding hydrogens is 389 g/mol. The van der Waals surface area contributed by atoms with E-state index in [-0.39, 0.29) is 11.3 Å². The van der Waals surface area contributed by atoms with Gasteiger partial charge in [-0.2, -0.15) is 0 Å². The number of carbonyl (C=O) groups excluding carboxylic acids is 1. The zero-order valence-corrected chi connectivity index (χ0v) is 18.7. The summed E-state index contributed by atoms with van der Waals surface area (Å²) in [5.41, 5.74) is 4.24. The van der Waals surface area contributed by atoms with Crippen LogP contribution in [0.5, 0.6) is 0 Å². The Bertz CT molecular complexity index is 833. The van der Waals surface area contributed by atoms with Gasteiger partial charge in [-0.05, 0) is 105 Å². The van der Waals surface area contributed by atoms with Crippen molar-refractivity contribution in [1.29, 1.82) is 0 Å². The molecule has 6 rings (SSSR count). The van der Waals surface area contributed by atoms with Crippen LogP contribution in [0.15, 0.2) is 18.2 Å². The summed E-state index contributed by atoms with van der Waals surface area (Å²) in [6.07, 6.45) is 8.32. The van der Waals surface area contributed by atoms with Gasteiger partial charge in [0, 0.05) is 6.54 Å². The summed E-state index contributed by atoms with van der Waals surface area (Å²) >= 11 is 12.5. The summed E-state index contributed by atoms with van der Waals surface area (Å²) in [7, 11) is 0. The van der Waals surface area contributed by atoms with Crippen LogP contribution in [0.3, 0.4) is 0 Å². The van der Waals surface area contributed by atoms with Crippen LogP contribution in [0, 0.1) is 36.5 Å². The van der Waals surface area contributed by atoms with Crippen molar-refractivity contribution in [2.24, 2.45) is 22.7 Å². The number of halogens is 2. The molecule has 5 aliphatic carbocycles. The molecule has 0 heterocycles. The number of hydrogen-bond donors (Lipinski definition) is 1. The van der Waals surface area contributed by atoms with Crippen LogP contribution in [0.4, 0.5) is 0 Å². The van der Waals surface area contributed by atoms with Gasteiger partial charge in [-0.3, -0.25) is 4.79 Å². The first kappa shape index (κ1) is 19.2. The fraction of sp³-hybridized carbons (Fsp3) is 0.708. The van der Waals surface area contributed by atoms with E-state index in [1.165, 1.54) is 55.2 Å². The highest BCUT2D eigenvalue weighted by Gasteiger charge is 2.68. The van der Waals surface area contributed by atoms with Crippen molar-refractivity contribution < 1.29 is 4.79 Å². The predicted octanol–water partition coefficient (Wildman–Crippen LogP) is 5.84. The molecule has 1 aromatic carbocycles. The molecule has 0 radical (unpaired) electrons. The largest absolute Gasteiger partial charge is 0.355 e.